The molecule has 0 heterocycles. The highest BCUT2D eigenvalue weighted by Gasteiger charge is 2.41. The maximum atomic E-state index is 3.73. The summed E-state index contributed by atoms with van der Waals surface area (Å²) in [5, 5.41) is 3.42. The first-order valence-corrected chi connectivity index (χ1v) is 10.2. The minimum atomic E-state index is -1.56. The lowest BCUT2D eigenvalue weighted by atomic mass is 10.4. The number of rotatable bonds is 4. The van der Waals surface area contributed by atoms with Crippen LogP contribution in [0.3, 0.4) is 0 Å². The number of benzene rings is 1. The van der Waals surface area contributed by atoms with Gasteiger partial charge in [0.05, 0.1) is 0 Å². The predicted octanol–water partition coefficient (Wildman–Crippen LogP) is 5.96. The first-order valence-electron chi connectivity index (χ1n) is 7.15. The Morgan fingerprint density at radius 2 is 1.32 bits per heavy atom. The normalized spacial score (nSPS) is 11.8. The van der Waals surface area contributed by atoms with Gasteiger partial charge in [-0.1, -0.05) is 59.7 Å². The van der Waals surface area contributed by atoms with Gasteiger partial charge in [-0.15, -0.1) is 5.54 Å². The Hall–Kier alpha value is -0.653. The summed E-state index contributed by atoms with van der Waals surface area (Å²) in [7, 11) is -1.56. The lowest BCUT2D eigenvalue weighted by Gasteiger charge is -2.37. The summed E-state index contributed by atoms with van der Waals surface area (Å²) in [6, 6.07) is 10.4. The van der Waals surface area contributed by atoms with E-state index in [-0.39, 0.29) is 0 Å². The zero-order valence-corrected chi connectivity index (χ0v) is 14.8. The van der Waals surface area contributed by atoms with E-state index in [1.807, 2.05) is 6.07 Å². The van der Waals surface area contributed by atoms with Gasteiger partial charge in [-0.05, 0) is 45.8 Å². The van der Waals surface area contributed by atoms with Crippen molar-refractivity contribution in [1.29, 1.82) is 0 Å². The number of hydrogen-bond donors (Lipinski definition) is 0. The monoisotopic (exact) mass is 290 g/mol. The minimum absolute atomic E-state index is 0.705. The molecule has 0 fully saturated rings. The largest absolute Gasteiger partial charge is 0.147 e. The maximum Gasteiger partial charge on any atom is 0.147 e. The van der Waals surface area contributed by atoms with Crippen LogP contribution in [0.15, 0.2) is 35.2 Å². The smallest absolute Gasteiger partial charge is 0.118 e. The molecule has 0 unspecified atom stereocenters. The molecule has 0 saturated heterocycles. The van der Waals surface area contributed by atoms with Crippen molar-refractivity contribution in [1.82, 2.24) is 0 Å². The molecule has 1 aromatic carbocycles. The molecule has 1 rings (SSSR count). The van der Waals surface area contributed by atoms with Crippen molar-refractivity contribution in [3.8, 4) is 10.8 Å². The van der Waals surface area contributed by atoms with E-state index in [0.29, 0.717) is 16.6 Å². The fraction of sp³-hybridized carbons (Fsp3) is 0.529. The third kappa shape index (κ3) is 3.90. The molecule has 0 atom stereocenters. The topological polar surface area (TPSA) is 0 Å². The van der Waals surface area contributed by atoms with Gasteiger partial charge in [-0.3, -0.25) is 0 Å². The van der Waals surface area contributed by atoms with Gasteiger partial charge in [0, 0.05) is 4.90 Å². The second-order valence-corrected chi connectivity index (χ2v) is 12.5. The zero-order valence-electron chi connectivity index (χ0n) is 13.0. The third-order valence-electron chi connectivity index (χ3n) is 4.05. The summed E-state index contributed by atoms with van der Waals surface area (Å²) < 4.78 is 0. The molecule has 0 aliphatic rings. The average molecular weight is 291 g/mol. The van der Waals surface area contributed by atoms with Gasteiger partial charge in [-0.25, -0.2) is 0 Å². The molecule has 0 saturated carbocycles. The average Bonchev–Trinajstić information content (AvgIpc) is 2.34. The Kier molecular flexibility index (Phi) is 6.23. The SMILES string of the molecule is CC(C)[Si](C#CSc1ccccc1)(C(C)C)C(C)C. The van der Waals surface area contributed by atoms with E-state index >= 15 is 0 Å². The maximum absolute atomic E-state index is 3.73. The van der Waals surface area contributed by atoms with Gasteiger partial charge >= 0.3 is 0 Å². The van der Waals surface area contributed by atoms with Crippen LogP contribution in [0.1, 0.15) is 41.5 Å². The number of hydrogen-bond acceptors (Lipinski definition) is 1. The lowest BCUT2D eigenvalue weighted by molar-refractivity contribution is 0.838. The van der Waals surface area contributed by atoms with Crippen molar-refractivity contribution in [3.05, 3.63) is 30.3 Å². The molecule has 0 N–H and O–H groups in total. The van der Waals surface area contributed by atoms with Gasteiger partial charge in [0.15, 0.2) is 0 Å². The highest BCUT2D eigenvalue weighted by molar-refractivity contribution is 8.04. The van der Waals surface area contributed by atoms with Crippen molar-refractivity contribution < 1.29 is 0 Å². The van der Waals surface area contributed by atoms with Crippen LogP contribution in [-0.4, -0.2) is 8.07 Å². The molecule has 104 valence electrons. The molecule has 0 amide bonds. The fourth-order valence-electron chi connectivity index (χ4n) is 3.09. The second-order valence-electron chi connectivity index (χ2n) is 6.04. The second kappa shape index (κ2) is 7.22. The van der Waals surface area contributed by atoms with Crippen molar-refractivity contribution in [2.45, 2.75) is 63.1 Å². The summed E-state index contributed by atoms with van der Waals surface area (Å²) in [6.07, 6.45) is 0. The van der Waals surface area contributed by atoms with Gasteiger partial charge < -0.3 is 0 Å². The van der Waals surface area contributed by atoms with E-state index in [4.69, 9.17) is 0 Å². The van der Waals surface area contributed by atoms with Crippen LogP contribution < -0.4 is 0 Å². The van der Waals surface area contributed by atoms with Gasteiger partial charge in [0.2, 0.25) is 0 Å². The highest BCUT2D eigenvalue weighted by Crippen LogP contribution is 2.41. The highest BCUT2D eigenvalue weighted by atomic mass is 32.2. The lowest BCUT2D eigenvalue weighted by Crippen LogP contribution is -2.43. The fourth-order valence-corrected chi connectivity index (χ4v) is 9.28. The molecular weight excluding hydrogens is 264 g/mol. The molecule has 0 bridgehead atoms. The van der Waals surface area contributed by atoms with E-state index in [0.717, 1.165) is 0 Å². The van der Waals surface area contributed by atoms with E-state index in [9.17, 15) is 0 Å². The molecule has 0 radical (unpaired) electrons. The molecule has 1 aromatic rings. The zero-order chi connectivity index (χ0) is 14.5. The van der Waals surface area contributed by atoms with Crippen molar-refractivity contribution >= 4 is 19.8 Å². The van der Waals surface area contributed by atoms with Gasteiger partial charge in [0.1, 0.15) is 8.07 Å². The van der Waals surface area contributed by atoms with Crippen LogP contribution in [-0.2, 0) is 0 Å². The molecule has 0 aliphatic heterocycles. The van der Waals surface area contributed by atoms with Crippen molar-refractivity contribution in [3.63, 3.8) is 0 Å². The Morgan fingerprint density at radius 1 is 0.842 bits per heavy atom. The molecule has 0 spiro atoms. The minimum Gasteiger partial charge on any atom is -0.118 e. The van der Waals surface area contributed by atoms with Crippen LogP contribution in [0.2, 0.25) is 16.6 Å². The third-order valence-corrected chi connectivity index (χ3v) is 11.2. The van der Waals surface area contributed by atoms with E-state index < -0.39 is 8.07 Å². The Morgan fingerprint density at radius 3 is 1.74 bits per heavy atom. The van der Waals surface area contributed by atoms with Gasteiger partial charge in [-0.2, -0.15) is 0 Å². The van der Waals surface area contributed by atoms with Crippen molar-refractivity contribution in [2.24, 2.45) is 0 Å². The van der Waals surface area contributed by atoms with Crippen LogP contribution >= 0.6 is 11.8 Å². The summed E-state index contributed by atoms with van der Waals surface area (Å²) in [5.41, 5.74) is 5.85. The Bertz CT molecular complexity index is 416. The summed E-state index contributed by atoms with van der Waals surface area (Å²) >= 11 is 1.67. The summed E-state index contributed by atoms with van der Waals surface area (Å²) in [4.78, 5) is 1.24. The standard InChI is InChI=1S/C17H26SSi/c1-14(2)19(15(3)4,16(5)6)13-12-18-17-10-8-7-9-11-17/h7-11,14-16H,1-6H3. The molecule has 0 nitrogen and oxygen atoms in total. The number of thioether (sulfide) groups is 1. The van der Waals surface area contributed by atoms with E-state index in [1.165, 1.54) is 4.90 Å². The van der Waals surface area contributed by atoms with Crippen LogP contribution in [0.4, 0.5) is 0 Å². The quantitative estimate of drug-likeness (QED) is 0.375. The predicted molar refractivity (Wildman–Crippen MR) is 91.1 cm³/mol. The van der Waals surface area contributed by atoms with Gasteiger partial charge in [0.25, 0.3) is 0 Å². The molecule has 0 aliphatic carbocycles. The van der Waals surface area contributed by atoms with Crippen LogP contribution in [0, 0.1) is 10.8 Å². The Labute approximate surface area is 124 Å². The first kappa shape index (κ1) is 16.4. The molecular formula is C17H26SSi. The first-order chi connectivity index (χ1) is 8.91. The van der Waals surface area contributed by atoms with Crippen LogP contribution in [0.5, 0.6) is 0 Å². The summed E-state index contributed by atoms with van der Waals surface area (Å²) in [5.74, 6) is 0. The molecule has 0 aromatic heterocycles. The Balaban J connectivity index is 2.97. The molecule has 2 heteroatoms. The van der Waals surface area contributed by atoms with Crippen LogP contribution in [0.25, 0.3) is 0 Å². The van der Waals surface area contributed by atoms with E-state index in [2.05, 4.69) is 76.6 Å². The summed E-state index contributed by atoms with van der Waals surface area (Å²) in [6.45, 7) is 14.1. The molecule has 19 heavy (non-hydrogen) atoms. The van der Waals surface area contributed by atoms with E-state index in [1.54, 1.807) is 11.8 Å². The van der Waals surface area contributed by atoms with Crippen molar-refractivity contribution in [2.75, 3.05) is 0 Å².